The van der Waals surface area contributed by atoms with Crippen molar-refractivity contribution in [2.75, 3.05) is 26.2 Å². The highest BCUT2D eigenvalue weighted by Gasteiger charge is 2.37. The van der Waals surface area contributed by atoms with E-state index in [-0.39, 0.29) is 9.79 Å². The van der Waals surface area contributed by atoms with Gasteiger partial charge in [-0.05, 0) is 72.1 Å². The number of hydrogen-bond acceptors (Lipinski definition) is 5. The normalized spacial score (nSPS) is 18.3. The Morgan fingerprint density at radius 1 is 0.909 bits per heavy atom. The molecule has 1 heterocycles. The SMILES string of the molecule is O=S(=O)(c1ccc(S(=O)(=O)C(Br)(Br)Br)cc1)N1CCNCC1. The van der Waals surface area contributed by atoms with Crippen molar-refractivity contribution in [3.63, 3.8) is 0 Å². The van der Waals surface area contributed by atoms with E-state index in [1.54, 1.807) is 0 Å². The van der Waals surface area contributed by atoms with E-state index in [9.17, 15) is 16.8 Å². The molecule has 2 rings (SSSR count). The third-order valence-corrected chi connectivity index (χ3v) is 10.4. The highest BCUT2D eigenvalue weighted by atomic mass is 80.0. The first-order valence-corrected chi connectivity index (χ1v) is 11.5. The molecule has 124 valence electrons. The predicted octanol–water partition coefficient (Wildman–Crippen LogP) is 1.85. The van der Waals surface area contributed by atoms with Gasteiger partial charge in [-0.1, -0.05) is 0 Å². The summed E-state index contributed by atoms with van der Waals surface area (Å²) in [7, 11) is -7.33. The van der Waals surface area contributed by atoms with Gasteiger partial charge in [0.05, 0.1) is 9.79 Å². The summed E-state index contributed by atoms with van der Waals surface area (Å²) in [6.07, 6.45) is 0. The van der Waals surface area contributed by atoms with Crippen molar-refractivity contribution in [3.05, 3.63) is 24.3 Å². The van der Waals surface area contributed by atoms with Gasteiger partial charge in [-0.15, -0.1) is 0 Å². The lowest BCUT2D eigenvalue weighted by Gasteiger charge is -2.26. The van der Waals surface area contributed by atoms with Gasteiger partial charge < -0.3 is 5.32 Å². The Labute approximate surface area is 155 Å². The van der Waals surface area contributed by atoms with Crippen molar-refractivity contribution in [1.29, 1.82) is 0 Å². The van der Waals surface area contributed by atoms with E-state index in [4.69, 9.17) is 0 Å². The fourth-order valence-electron chi connectivity index (χ4n) is 1.96. The molecule has 1 saturated heterocycles. The molecule has 1 aromatic rings. The number of nitrogens with zero attached hydrogens (tertiary/aromatic N) is 1. The number of hydrogen-bond donors (Lipinski definition) is 1. The largest absolute Gasteiger partial charge is 0.314 e. The van der Waals surface area contributed by atoms with Crippen molar-refractivity contribution < 1.29 is 16.8 Å². The summed E-state index contributed by atoms with van der Waals surface area (Å²) >= 11 is 8.91. The van der Waals surface area contributed by atoms with E-state index in [0.29, 0.717) is 26.2 Å². The first-order chi connectivity index (χ1) is 10.1. The molecule has 0 amide bonds. The van der Waals surface area contributed by atoms with E-state index in [1.807, 2.05) is 0 Å². The van der Waals surface area contributed by atoms with Gasteiger partial charge in [0.15, 0.2) is 0 Å². The number of sulfonamides is 1. The Morgan fingerprint density at radius 2 is 1.36 bits per heavy atom. The zero-order valence-corrected chi connectivity index (χ0v) is 17.6. The molecule has 1 aromatic carbocycles. The summed E-state index contributed by atoms with van der Waals surface area (Å²) in [4.78, 5) is 0.0788. The van der Waals surface area contributed by atoms with Crippen molar-refractivity contribution in [1.82, 2.24) is 9.62 Å². The highest BCUT2D eigenvalue weighted by Crippen LogP contribution is 2.43. The van der Waals surface area contributed by atoms with Crippen molar-refractivity contribution >= 4 is 67.7 Å². The number of alkyl halides is 3. The van der Waals surface area contributed by atoms with Crippen LogP contribution in [0.2, 0.25) is 0 Å². The summed E-state index contributed by atoms with van der Waals surface area (Å²) in [6, 6.07) is 5.18. The topological polar surface area (TPSA) is 83.5 Å². The zero-order chi connectivity index (χ0) is 16.6. The molecule has 0 aliphatic carbocycles. The van der Waals surface area contributed by atoms with Gasteiger partial charge in [0.2, 0.25) is 21.3 Å². The Bertz CT molecular complexity index is 737. The van der Waals surface area contributed by atoms with Crippen LogP contribution in [-0.2, 0) is 19.9 Å². The lowest BCUT2D eigenvalue weighted by atomic mass is 10.4. The summed E-state index contributed by atoms with van der Waals surface area (Å²) in [5.41, 5.74) is 0. The standard InChI is InChI=1S/C11H13Br3N2O4S2/c12-11(13,14)21(17,18)9-1-3-10(4-2-9)22(19,20)16-7-5-15-6-8-16/h1-4,15H,5-8H2. The first-order valence-electron chi connectivity index (χ1n) is 6.19. The van der Waals surface area contributed by atoms with E-state index in [0.717, 1.165) is 0 Å². The molecule has 1 fully saturated rings. The highest BCUT2D eigenvalue weighted by molar-refractivity contribution is 9.42. The number of sulfone groups is 1. The van der Waals surface area contributed by atoms with E-state index in [2.05, 4.69) is 53.1 Å². The molecule has 0 bridgehead atoms. The van der Waals surface area contributed by atoms with Crippen LogP contribution in [0.1, 0.15) is 0 Å². The molecular formula is C11H13Br3N2O4S2. The smallest absolute Gasteiger partial charge is 0.243 e. The minimum Gasteiger partial charge on any atom is -0.314 e. The predicted molar refractivity (Wildman–Crippen MR) is 94.8 cm³/mol. The molecular weight excluding hydrogens is 528 g/mol. The molecule has 0 saturated carbocycles. The van der Waals surface area contributed by atoms with Crippen LogP contribution in [0.25, 0.3) is 0 Å². The maximum Gasteiger partial charge on any atom is 0.243 e. The second-order valence-electron chi connectivity index (χ2n) is 4.57. The van der Waals surface area contributed by atoms with Crippen LogP contribution in [0.15, 0.2) is 34.1 Å². The maximum absolute atomic E-state index is 12.5. The van der Waals surface area contributed by atoms with Crippen molar-refractivity contribution in [2.45, 2.75) is 11.3 Å². The molecule has 0 radical (unpaired) electrons. The number of nitrogens with one attached hydrogen (secondary N) is 1. The van der Waals surface area contributed by atoms with Crippen LogP contribution in [0, 0.1) is 0 Å². The van der Waals surface area contributed by atoms with Crippen molar-refractivity contribution in [2.24, 2.45) is 0 Å². The molecule has 0 aromatic heterocycles. The minimum absolute atomic E-state index is 0.00242. The monoisotopic (exact) mass is 538 g/mol. The van der Waals surface area contributed by atoms with Crippen LogP contribution in [0.5, 0.6) is 0 Å². The Balaban J connectivity index is 2.33. The Hall–Kier alpha value is 0.480. The summed E-state index contributed by atoms with van der Waals surface area (Å²) in [5.74, 6) is 0. The molecule has 6 nitrogen and oxygen atoms in total. The molecule has 1 N–H and O–H groups in total. The molecule has 0 atom stereocenters. The van der Waals surface area contributed by atoms with E-state index >= 15 is 0 Å². The van der Waals surface area contributed by atoms with Gasteiger partial charge in [0.1, 0.15) is 0 Å². The van der Waals surface area contributed by atoms with E-state index in [1.165, 1.54) is 28.6 Å². The average Bonchev–Trinajstić information content (AvgIpc) is 2.47. The van der Waals surface area contributed by atoms with Crippen LogP contribution < -0.4 is 5.32 Å². The van der Waals surface area contributed by atoms with Gasteiger partial charge in [0, 0.05) is 26.2 Å². The minimum atomic E-state index is -3.73. The van der Waals surface area contributed by atoms with Crippen LogP contribution in [-0.4, -0.2) is 48.8 Å². The Morgan fingerprint density at radius 3 is 1.82 bits per heavy atom. The number of rotatable bonds is 3. The fraction of sp³-hybridized carbons (Fsp3) is 0.455. The molecule has 0 spiro atoms. The third-order valence-electron chi connectivity index (χ3n) is 3.15. The molecule has 11 heteroatoms. The summed E-state index contributed by atoms with van der Waals surface area (Å²) in [6.45, 7) is 2.00. The second kappa shape index (κ2) is 6.77. The lowest BCUT2D eigenvalue weighted by Crippen LogP contribution is -2.46. The van der Waals surface area contributed by atoms with Gasteiger partial charge in [-0.2, -0.15) is 4.31 Å². The van der Waals surface area contributed by atoms with Gasteiger partial charge in [-0.25, -0.2) is 16.8 Å². The van der Waals surface area contributed by atoms with Crippen LogP contribution in [0.4, 0.5) is 0 Å². The number of benzene rings is 1. The molecule has 1 aliphatic heterocycles. The average molecular weight is 541 g/mol. The molecule has 22 heavy (non-hydrogen) atoms. The third kappa shape index (κ3) is 3.76. The number of halogens is 3. The molecule has 1 aliphatic rings. The first kappa shape index (κ1) is 18.8. The molecule has 0 unspecified atom stereocenters. The lowest BCUT2D eigenvalue weighted by molar-refractivity contribution is 0.360. The van der Waals surface area contributed by atoms with Gasteiger partial charge in [0.25, 0.3) is 0 Å². The Kier molecular flexibility index (Phi) is 5.79. The fourth-order valence-corrected chi connectivity index (χ4v) is 5.84. The summed E-state index contributed by atoms with van der Waals surface area (Å²) in [5, 5.41) is 3.08. The second-order valence-corrected chi connectivity index (χ2v) is 16.9. The van der Waals surface area contributed by atoms with Gasteiger partial charge in [-0.3, -0.25) is 0 Å². The number of piperazine rings is 1. The van der Waals surface area contributed by atoms with Gasteiger partial charge >= 0.3 is 0 Å². The van der Waals surface area contributed by atoms with Crippen molar-refractivity contribution in [3.8, 4) is 0 Å². The quantitative estimate of drug-likeness (QED) is 0.592. The zero-order valence-electron chi connectivity index (χ0n) is 11.2. The van der Waals surface area contributed by atoms with Crippen LogP contribution >= 0.6 is 47.8 Å². The maximum atomic E-state index is 12.5. The van der Waals surface area contributed by atoms with Crippen LogP contribution in [0.3, 0.4) is 0 Å². The summed E-state index contributed by atoms with van der Waals surface area (Å²) < 4.78 is 49.2. The van der Waals surface area contributed by atoms with E-state index < -0.39 is 21.3 Å².